The molecule has 3 amide bonds. The molecule has 6 aliphatic rings. The van der Waals surface area contributed by atoms with Gasteiger partial charge in [0.05, 0.1) is 114 Å². The SMILES string of the molecule is C=C[C@@H]1C[C@H](NS(C)(=O)=O)[C@H](COC2CCC(c3ccccc3)CC2)N1C(=O)OC.CC(=O)N1[C@H](CO)C[C@H](NS(C)(=O)=O)[C@@H]1COC1CCC(c2ccccc2)CC1.COC(=O)N1[C@H](C=O)C[C@H](NS(C)(=O)=O)[C@@H]1COC1CCC(c2ccccc2)CC1.[B].[H-].[Na+]. The summed E-state index contributed by atoms with van der Waals surface area (Å²) in [6.45, 7) is 5.72. The van der Waals surface area contributed by atoms with Gasteiger partial charge in [-0.1, -0.05) is 97.1 Å². The molecule has 9 atom stereocenters. The average molecular weight is 1330 g/mol. The number of carbonyl (C=O) groups is 4. The van der Waals surface area contributed by atoms with Gasteiger partial charge in [-0.3, -0.25) is 14.6 Å². The Morgan fingerprint density at radius 1 is 0.527 bits per heavy atom. The summed E-state index contributed by atoms with van der Waals surface area (Å²) in [7, 11) is -7.80. The van der Waals surface area contributed by atoms with Crippen LogP contribution in [0.5, 0.6) is 0 Å². The van der Waals surface area contributed by atoms with E-state index in [2.05, 4.69) is 93.5 Å². The topological polar surface area (TPSA) is 283 Å². The maximum Gasteiger partial charge on any atom is 1.00 e. The number of ether oxygens (including phenoxy) is 5. The molecule has 3 aliphatic carbocycles. The van der Waals surface area contributed by atoms with E-state index in [4.69, 9.17) is 23.7 Å². The van der Waals surface area contributed by atoms with Crippen LogP contribution in [0.2, 0.25) is 0 Å². The van der Waals surface area contributed by atoms with Gasteiger partial charge in [-0.25, -0.2) is 49.0 Å². The molecule has 9 rings (SSSR count). The number of carbonyl (C=O) groups excluding carboxylic acids is 4. The normalized spacial score (nSPS) is 29.2. The van der Waals surface area contributed by atoms with Crippen molar-refractivity contribution in [3.05, 3.63) is 120 Å². The van der Waals surface area contributed by atoms with E-state index in [0.29, 0.717) is 36.9 Å². The molecule has 0 unspecified atom stereocenters. The zero-order valence-corrected chi connectivity index (χ0v) is 58.3. The number of methoxy groups -OCH3 is 2. The summed E-state index contributed by atoms with van der Waals surface area (Å²) in [5, 5.41) is 9.66. The standard InChI is InChI=1S/C22H32N2O5S.C21H30N2O6S.C21H32N2O5S.B.Na.H/c1-4-18-14-20(23-30(3,26)27)21(24(18)22(25)28-2)15-29-19-12-10-17(11-13-19)16-8-6-5-7-9-16;1-28-21(25)23-17(13-24)12-19(22-30(2,26)27)20(23)14-29-18-10-8-16(9-11-18)15-6-4-3-5-7-15;1-15(25)23-18(13-24)12-20(22-29(2,26)27)21(23)14-28-19-10-8-17(9-11-19)16-6-4-3-5-7-16;;;/h4-9,17-21,23H,1,10-15H2,2-3H3;3-7,13,16-20,22H,8-12,14H2,1-2H3;3-7,17-22,24H,8-14H2,1-2H3;;;/q;;;;+1;-1/t17?,18-,19?,20+,21+;16?,17-,18?,19-,20-;17?,18-,19?,20-,21-;;;/m100.../s1. The molecule has 6 fully saturated rings. The van der Waals surface area contributed by atoms with Crippen LogP contribution in [0.1, 0.15) is 139 Å². The third-order valence-corrected chi connectivity index (χ3v) is 20.5. The summed E-state index contributed by atoms with van der Waals surface area (Å²) < 4.78 is 107. The molecule has 3 aromatic carbocycles. The second kappa shape index (κ2) is 36.6. The van der Waals surface area contributed by atoms with Gasteiger partial charge < -0.3 is 39.9 Å². The number of likely N-dealkylation sites (tertiary alicyclic amines) is 3. The maximum atomic E-state index is 12.4. The average Bonchev–Trinajstić information content (AvgIpc) is 1.77. The minimum Gasteiger partial charge on any atom is -1.00 e. The fourth-order valence-electron chi connectivity index (χ4n) is 14.1. The number of rotatable bonds is 21. The Bertz CT molecular complexity index is 2960. The molecule has 4 N–H and O–H groups in total. The Labute approximate surface area is 565 Å². The van der Waals surface area contributed by atoms with E-state index in [1.165, 1.54) is 42.7 Å². The van der Waals surface area contributed by atoms with E-state index >= 15 is 0 Å². The number of sulfonamides is 3. The van der Waals surface area contributed by atoms with Gasteiger partial charge in [0.2, 0.25) is 36.0 Å². The minimum absolute atomic E-state index is 0. The van der Waals surface area contributed by atoms with Crippen LogP contribution in [0.15, 0.2) is 104 Å². The van der Waals surface area contributed by atoms with Crippen molar-refractivity contribution in [1.82, 2.24) is 28.9 Å². The van der Waals surface area contributed by atoms with Crippen molar-refractivity contribution in [2.75, 3.05) is 59.4 Å². The molecule has 22 nitrogen and oxygen atoms in total. The number of aliphatic hydroxyl groups excluding tert-OH is 1. The molecule has 499 valence electrons. The molecule has 0 aromatic heterocycles. The second-order valence-electron chi connectivity index (χ2n) is 24.6. The van der Waals surface area contributed by atoms with Crippen molar-refractivity contribution in [2.24, 2.45) is 0 Å². The summed E-state index contributed by atoms with van der Waals surface area (Å²) in [4.78, 5) is 52.7. The molecular formula is C64H95BN6NaO16S3. The molecule has 91 heavy (non-hydrogen) atoms. The van der Waals surface area contributed by atoms with Gasteiger partial charge in [-0.2, -0.15) is 0 Å². The van der Waals surface area contributed by atoms with Gasteiger partial charge in [0, 0.05) is 33.5 Å². The predicted molar refractivity (Wildman–Crippen MR) is 345 cm³/mol. The van der Waals surface area contributed by atoms with Gasteiger partial charge in [-0.15, -0.1) is 6.58 Å². The first-order valence-corrected chi connectivity index (χ1v) is 36.7. The monoisotopic (exact) mass is 1330 g/mol. The van der Waals surface area contributed by atoms with Crippen molar-refractivity contribution in [3.63, 3.8) is 0 Å². The van der Waals surface area contributed by atoms with Crippen molar-refractivity contribution in [2.45, 2.75) is 194 Å². The van der Waals surface area contributed by atoms with Crippen LogP contribution in [0.4, 0.5) is 9.59 Å². The first-order chi connectivity index (χ1) is 42.4. The number of amides is 3. The van der Waals surface area contributed by atoms with E-state index in [1.54, 1.807) is 15.9 Å². The number of aliphatic hydroxyl groups is 1. The fraction of sp³-hybridized carbons (Fsp3) is 0.625. The Balaban J connectivity index is 0.000000290. The van der Waals surface area contributed by atoms with E-state index in [1.807, 2.05) is 18.2 Å². The van der Waals surface area contributed by atoms with Crippen molar-refractivity contribution in [3.8, 4) is 0 Å². The van der Waals surface area contributed by atoms with Crippen LogP contribution >= 0.6 is 0 Å². The predicted octanol–water partition coefficient (Wildman–Crippen LogP) is 3.46. The largest absolute Gasteiger partial charge is 1.00 e. The molecule has 3 saturated carbocycles. The Hall–Kier alpha value is -4.29. The van der Waals surface area contributed by atoms with E-state index in [0.717, 1.165) is 95.8 Å². The van der Waals surface area contributed by atoms with Gasteiger partial charge in [0.25, 0.3) is 0 Å². The van der Waals surface area contributed by atoms with E-state index < -0.39 is 90.6 Å². The molecule has 27 heteroatoms. The third-order valence-electron chi connectivity index (χ3n) is 18.3. The number of hydrogen-bond acceptors (Lipinski definition) is 16. The quantitative estimate of drug-likeness (QED) is 0.0675. The van der Waals surface area contributed by atoms with Gasteiger partial charge in [0.1, 0.15) is 6.29 Å². The fourth-order valence-corrected chi connectivity index (χ4v) is 16.5. The minimum atomic E-state index is -3.51. The van der Waals surface area contributed by atoms with Crippen LogP contribution < -0.4 is 43.7 Å². The van der Waals surface area contributed by atoms with E-state index in [-0.39, 0.29) is 103 Å². The zero-order chi connectivity index (χ0) is 64.5. The van der Waals surface area contributed by atoms with Gasteiger partial charge >= 0.3 is 41.7 Å². The molecule has 3 heterocycles. The van der Waals surface area contributed by atoms with Crippen LogP contribution in [0, 0.1) is 0 Å². The van der Waals surface area contributed by atoms with Crippen LogP contribution in [0.25, 0.3) is 0 Å². The Kier molecular flexibility index (Phi) is 31.1. The summed E-state index contributed by atoms with van der Waals surface area (Å²) in [6, 6.07) is 27.1. The molecule has 3 saturated heterocycles. The summed E-state index contributed by atoms with van der Waals surface area (Å²) in [6.07, 6.45) is 17.5. The molecular weight excluding hydrogens is 1240 g/mol. The smallest absolute Gasteiger partial charge is 1.00 e. The number of hydrogen-bond donors (Lipinski definition) is 4. The molecule has 3 aliphatic heterocycles. The van der Waals surface area contributed by atoms with Crippen LogP contribution in [0.3, 0.4) is 0 Å². The van der Waals surface area contributed by atoms with Crippen LogP contribution in [-0.2, 0) is 63.3 Å². The van der Waals surface area contributed by atoms with E-state index in [9.17, 15) is 49.5 Å². The van der Waals surface area contributed by atoms with Crippen molar-refractivity contribution >= 4 is 62.9 Å². The second-order valence-corrected chi connectivity index (χ2v) is 29.9. The molecule has 0 bridgehead atoms. The van der Waals surface area contributed by atoms with Gasteiger partial charge in [-0.05, 0) is 131 Å². The van der Waals surface area contributed by atoms with Crippen molar-refractivity contribution < 1.29 is 104 Å². The number of nitrogens with one attached hydrogen (secondary N) is 3. The number of nitrogens with zero attached hydrogens (tertiary/aromatic N) is 3. The molecule has 0 spiro atoms. The third kappa shape index (κ3) is 23.0. The summed E-state index contributed by atoms with van der Waals surface area (Å²) in [5.74, 6) is 1.44. The Morgan fingerprint density at radius 3 is 1.10 bits per heavy atom. The molecule has 3 radical (unpaired) electrons. The number of aldehydes is 1. The van der Waals surface area contributed by atoms with Gasteiger partial charge in [0.15, 0.2) is 0 Å². The molecule has 3 aromatic rings. The first-order valence-electron chi connectivity index (χ1n) is 31.0. The number of benzene rings is 3. The van der Waals surface area contributed by atoms with Crippen LogP contribution in [-0.4, -0.2) is 210 Å². The summed E-state index contributed by atoms with van der Waals surface area (Å²) in [5.41, 5.74) is 4.08. The Morgan fingerprint density at radius 2 is 0.824 bits per heavy atom. The first kappa shape index (κ1) is 77.4. The summed E-state index contributed by atoms with van der Waals surface area (Å²) >= 11 is 0. The maximum absolute atomic E-state index is 12.4. The zero-order valence-electron chi connectivity index (χ0n) is 54.8. The van der Waals surface area contributed by atoms with Crippen molar-refractivity contribution in [1.29, 1.82) is 0 Å².